The molecule has 1 atom stereocenters. The maximum atomic E-state index is 13.8. The van der Waals surface area contributed by atoms with E-state index in [9.17, 15) is 18.0 Å². The molecule has 2 rings (SSSR count). The van der Waals surface area contributed by atoms with Crippen LogP contribution in [0.15, 0.2) is 42.5 Å². The van der Waals surface area contributed by atoms with Gasteiger partial charge in [-0.25, -0.2) is 8.42 Å². The molecule has 0 aliphatic carbocycles. The summed E-state index contributed by atoms with van der Waals surface area (Å²) in [6, 6.07) is 10.7. The zero-order chi connectivity index (χ0) is 27.6. The number of hydrogen-bond donors (Lipinski definition) is 1. The molecule has 11 heteroatoms. The van der Waals surface area contributed by atoms with Crippen molar-refractivity contribution >= 4 is 50.7 Å². The third-order valence-corrected chi connectivity index (χ3v) is 7.55. The Balaban J connectivity index is 2.51. The molecule has 0 aromatic heterocycles. The Hall–Kier alpha value is -2.49. The standard InChI is InChI=1S/C26H35Cl2N3O5S/c1-5-8-16-29-26(33)22(6-2)30(17-19-20(27)12-11-13-21(19)28)25(32)18-31(37(4,34)35)23-14-9-10-15-24(23)36-7-3/h9-15,22H,5-8,16-18H2,1-4H3,(H,29,33). The Bertz CT molecular complexity index is 1160. The van der Waals surface area contributed by atoms with Gasteiger partial charge in [-0.05, 0) is 44.0 Å². The molecule has 0 heterocycles. The van der Waals surface area contributed by atoms with Crippen LogP contribution in [0, 0.1) is 0 Å². The minimum Gasteiger partial charge on any atom is -0.492 e. The highest BCUT2D eigenvalue weighted by atomic mass is 35.5. The van der Waals surface area contributed by atoms with Crippen LogP contribution in [-0.2, 0) is 26.2 Å². The average Bonchev–Trinajstić information content (AvgIpc) is 2.84. The minimum atomic E-state index is -3.89. The second-order valence-corrected chi connectivity index (χ2v) is 11.2. The second kappa shape index (κ2) is 14.4. The second-order valence-electron chi connectivity index (χ2n) is 8.46. The number of halogens is 2. The molecule has 0 radical (unpaired) electrons. The van der Waals surface area contributed by atoms with E-state index in [2.05, 4.69) is 5.32 Å². The highest BCUT2D eigenvalue weighted by molar-refractivity contribution is 7.92. The third kappa shape index (κ3) is 8.51. The molecular weight excluding hydrogens is 537 g/mol. The van der Waals surface area contributed by atoms with Crippen LogP contribution in [0.3, 0.4) is 0 Å². The van der Waals surface area contributed by atoms with Crippen LogP contribution < -0.4 is 14.4 Å². The number of carbonyl (C=O) groups excluding carboxylic acids is 2. The van der Waals surface area contributed by atoms with Gasteiger partial charge < -0.3 is 15.0 Å². The minimum absolute atomic E-state index is 0.0677. The molecule has 1 N–H and O–H groups in total. The Morgan fingerprint density at radius 1 is 1.03 bits per heavy atom. The monoisotopic (exact) mass is 571 g/mol. The van der Waals surface area contributed by atoms with Crippen molar-refractivity contribution in [2.75, 3.05) is 30.3 Å². The Morgan fingerprint density at radius 2 is 1.68 bits per heavy atom. The van der Waals surface area contributed by atoms with E-state index in [1.165, 1.54) is 4.90 Å². The number of nitrogens with one attached hydrogen (secondary N) is 1. The molecule has 0 saturated carbocycles. The zero-order valence-electron chi connectivity index (χ0n) is 21.7. The van der Waals surface area contributed by atoms with E-state index in [0.717, 1.165) is 23.4 Å². The first-order chi connectivity index (χ1) is 17.5. The number of benzene rings is 2. The number of sulfonamides is 1. The van der Waals surface area contributed by atoms with Crippen molar-refractivity contribution in [3.63, 3.8) is 0 Å². The fourth-order valence-corrected chi connectivity index (χ4v) is 5.18. The predicted molar refractivity (Wildman–Crippen MR) is 149 cm³/mol. The van der Waals surface area contributed by atoms with E-state index in [4.69, 9.17) is 27.9 Å². The van der Waals surface area contributed by atoms with Gasteiger partial charge in [0.2, 0.25) is 21.8 Å². The molecule has 2 aromatic rings. The Morgan fingerprint density at radius 3 is 2.24 bits per heavy atom. The highest BCUT2D eigenvalue weighted by Crippen LogP contribution is 2.31. The van der Waals surface area contributed by atoms with E-state index in [0.29, 0.717) is 40.9 Å². The number of ether oxygens (including phenoxy) is 1. The van der Waals surface area contributed by atoms with Crippen LogP contribution in [0.4, 0.5) is 5.69 Å². The van der Waals surface area contributed by atoms with E-state index in [-0.39, 0.29) is 18.1 Å². The number of para-hydroxylation sites is 2. The average molecular weight is 573 g/mol. The molecule has 0 fully saturated rings. The number of unbranched alkanes of at least 4 members (excludes halogenated alkanes) is 1. The predicted octanol–water partition coefficient (Wildman–Crippen LogP) is 4.88. The fraction of sp³-hybridized carbons (Fsp3) is 0.462. The summed E-state index contributed by atoms with van der Waals surface area (Å²) in [6.07, 6.45) is 3.02. The van der Waals surface area contributed by atoms with E-state index in [1.54, 1.807) is 56.3 Å². The first kappa shape index (κ1) is 30.7. The molecule has 0 bridgehead atoms. The number of rotatable bonds is 14. The van der Waals surface area contributed by atoms with Gasteiger partial charge in [0, 0.05) is 28.7 Å². The summed E-state index contributed by atoms with van der Waals surface area (Å²) >= 11 is 12.8. The molecule has 2 aromatic carbocycles. The van der Waals surface area contributed by atoms with Crippen molar-refractivity contribution in [2.45, 2.75) is 52.6 Å². The fourth-order valence-electron chi connectivity index (χ4n) is 3.81. The molecular formula is C26H35Cl2N3O5S. The van der Waals surface area contributed by atoms with Crippen molar-refractivity contribution in [1.82, 2.24) is 10.2 Å². The SMILES string of the molecule is CCCCNC(=O)C(CC)N(Cc1c(Cl)cccc1Cl)C(=O)CN(c1ccccc1OCC)S(C)(=O)=O. The maximum Gasteiger partial charge on any atom is 0.244 e. The van der Waals surface area contributed by atoms with E-state index < -0.39 is 28.5 Å². The summed E-state index contributed by atoms with van der Waals surface area (Å²) in [5.41, 5.74) is 0.705. The van der Waals surface area contributed by atoms with Crippen molar-refractivity contribution < 1.29 is 22.7 Å². The number of amides is 2. The van der Waals surface area contributed by atoms with Crippen LogP contribution >= 0.6 is 23.2 Å². The Labute approximate surface area is 229 Å². The van der Waals surface area contributed by atoms with Gasteiger partial charge in [0.15, 0.2) is 0 Å². The molecule has 1 unspecified atom stereocenters. The van der Waals surface area contributed by atoms with Crippen LogP contribution in [0.25, 0.3) is 0 Å². The number of carbonyl (C=O) groups is 2. The van der Waals surface area contributed by atoms with Gasteiger partial charge in [0.1, 0.15) is 18.3 Å². The molecule has 0 aliphatic heterocycles. The summed E-state index contributed by atoms with van der Waals surface area (Å²) in [7, 11) is -3.89. The van der Waals surface area contributed by atoms with E-state index in [1.807, 2.05) is 6.92 Å². The van der Waals surface area contributed by atoms with Gasteiger partial charge in [-0.3, -0.25) is 13.9 Å². The highest BCUT2D eigenvalue weighted by Gasteiger charge is 2.33. The van der Waals surface area contributed by atoms with Gasteiger partial charge in [0.25, 0.3) is 0 Å². The lowest BCUT2D eigenvalue weighted by molar-refractivity contribution is -0.140. The van der Waals surface area contributed by atoms with Gasteiger partial charge in [-0.15, -0.1) is 0 Å². The summed E-state index contributed by atoms with van der Waals surface area (Å²) in [6.45, 7) is 5.76. The van der Waals surface area contributed by atoms with Gasteiger partial charge in [-0.2, -0.15) is 0 Å². The summed E-state index contributed by atoms with van der Waals surface area (Å²) < 4.78 is 32.3. The molecule has 8 nitrogen and oxygen atoms in total. The van der Waals surface area contributed by atoms with E-state index >= 15 is 0 Å². The van der Waals surface area contributed by atoms with Gasteiger partial charge in [-0.1, -0.05) is 61.7 Å². The van der Waals surface area contributed by atoms with Crippen molar-refractivity contribution in [3.8, 4) is 5.75 Å². The lowest BCUT2D eigenvalue weighted by atomic mass is 10.1. The zero-order valence-corrected chi connectivity index (χ0v) is 24.0. The first-order valence-electron chi connectivity index (χ1n) is 12.2. The van der Waals surface area contributed by atoms with Crippen molar-refractivity contribution in [1.29, 1.82) is 0 Å². The lowest BCUT2D eigenvalue weighted by Crippen LogP contribution is -2.52. The van der Waals surface area contributed by atoms with Crippen LogP contribution in [-0.4, -0.2) is 57.1 Å². The Kier molecular flexibility index (Phi) is 12.0. The maximum absolute atomic E-state index is 13.8. The quantitative estimate of drug-likeness (QED) is 0.326. The third-order valence-electron chi connectivity index (χ3n) is 5.72. The number of hydrogen-bond acceptors (Lipinski definition) is 5. The molecule has 0 spiro atoms. The van der Waals surface area contributed by atoms with Gasteiger partial charge in [0.05, 0.1) is 18.6 Å². The summed E-state index contributed by atoms with van der Waals surface area (Å²) in [4.78, 5) is 28.3. The topological polar surface area (TPSA) is 96.0 Å². The number of nitrogens with zero attached hydrogens (tertiary/aromatic N) is 2. The van der Waals surface area contributed by atoms with Crippen molar-refractivity contribution in [2.24, 2.45) is 0 Å². The number of anilines is 1. The molecule has 0 aliphatic rings. The molecule has 37 heavy (non-hydrogen) atoms. The summed E-state index contributed by atoms with van der Waals surface area (Å²) in [5.74, 6) is -0.577. The normalized spacial score (nSPS) is 12.1. The lowest BCUT2D eigenvalue weighted by Gasteiger charge is -2.33. The van der Waals surface area contributed by atoms with Crippen LogP contribution in [0.2, 0.25) is 10.0 Å². The van der Waals surface area contributed by atoms with Crippen LogP contribution in [0.1, 0.15) is 45.6 Å². The largest absolute Gasteiger partial charge is 0.492 e. The first-order valence-corrected chi connectivity index (χ1v) is 14.8. The van der Waals surface area contributed by atoms with Crippen LogP contribution in [0.5, 0.6) is 5.75 Å². The summed E-state index contributed by atoms with van der Waals surface area (Å²) in [5, 5.41) is 3.56. The molecule has 204 valence electrons. The molecule has 0 saturated heterocycles. The van der Waals surface area contributed by atoms with Crippen molar-refractivity contribution in [3.05, 3.63) is 58.1 Å². The smallest absolute Gasteiger partial charge is 0.244 e. The molecule has 2 amide bonds. The van der Waals surface area contributed by atoms with Gasteiger partial charge >= 0.3 is 0 Å².